The average molecular weight is 365 g/mol. The molecule has 3 aliphatic rings. The Kier molecular flexibility index (Phi) is 4.91. The summed E-state index contributed by atoms with van der Waals surface area (Å²) in [6.45, 7) is 1.41. The number of carbonyl (C=O) groups is 1. The van der Waals surface area contributed by atoms with Crippen LogP contribution in [0.4, 0.5) is 14.7 Å². The quantitative estimate of drug-likeness (QED) is 0.834. The van der Waals surface area contributed by atoms with E-state index in [1.807, 2.05) is 4.90 Å². The summed E-state index contributed by atoms with van der Waals surface area (Å²) in [7, 11) is 0. The zero-order valence-electron chi connectivity index (χ0n) is 14.7. The molecule has 1 saturated heterocycles. The summed E-state index contributed by atoms with van der Waals surface area (Å²) in [5.41, 5.74) is 0. The maximum absolute atomic E-state index is 13.5. The van der Waals surface area contributed by atoms with E-state index in [-0.39, 0.29) is 17.9 Å². The Balaban J connectivity index is 1.41. The minimum Gasteiger partial charge on any atom is -0.351 e. The molecule has 0 saturated carbocycles. The van der Waals surface area contributed by atoms with Crippen LogP contribution in [0.2, 0.25) is 0 Å². The van der Waals surface area contributed by atoms with E-state index < -0.39 is 12.5 Å². The van der Waals surface area contributed by atoms with Gasteiger partial charge in [-0.1, -0.05) is 12.2 Å². The van der Waals surface area contributed by atoms with Gasteiger partial charge in [0.15, 0.2) is 0 Å². The maximum Gasteiger partial charge on any atom is 0.260 e. The summed E-state index contributed by atoms with van der Waals surface area (Å²) in [6, 6.07) is -1.05. The lowest BCUT2D eigenvalue weighted by atomic mass is 9.86. The summed E-state index contributed by atoms with van der Waals surface area (Å²) in [6.07, 6.45) is 7.96. The smallest absolute Gasteiger partial charge is 0.260 e. The van der Waals surface area contributed by atoms with Crippen molar-refractivity contribution in [3.05, 3.63) is 18.5 Å². The zero-order chi connectivity index (χ0) is 18.1. The number of rotatable bonds is 4. The Bertz CT molecular complexity index is 676. The molecule has 1 aliphatic carbocycles. The fourth-order valence-electron chi connectivity index (χ4n) is 4.48. The second-order valence-electron chi connectivity index (χ2n) is 7.63. The monoisotopic (exact) mass is 365 g/mol. The van der Waals surface area contributed by atoms with E-state index in [4.69, 9.17) is 0 Å². The molecule has 1 amide bonds. The Morgan fingerprint density at radius 3 is 3.04 bits per heavy atom. The number of hydrogen-bond donors (Lipinski definition) is 1. The van der Waals surface area contributed by atoms with Gasteiger partial charge in [0.1, 0.15) is 12.4 Å². The van der Waals surface area contributed by atoms with Crippen LogP contribution < -0.4 is 5.32 Å². The van der Waals surface area contributed by atoms with E-state index >= 15 is 0 Å². The molecular formula is C18H25F2N5O. The average Bonchev–Trinajstić information content (AvgIpc) is 3.32. The van der Waals surface area contributed by atoms with Gasteiger partial charge in [-0.25, -0.2) is 13.5 Å². The predicted octanol–water partition coefficient (Wildman–Crippen LogP) is 2.86. The number of likely N-dealkylation sites (tertiary alicyclic amines) is 1. The van der Waals surface area contributed by atoms with Crippen LogP contribution in [0.15, 0.2) is 18.5 Å². The van der Waals surface area contributed by atoms with Gasteiger partial charge >= 0.3 is 0 Å². The molecule has 8 heteroatoms. The van der Waals surface area contributed by atoms with Crippen LogP contribution >= 0.6 is 0 Å². The fourth-order valence-corrected chi connectivity index (χ4v) is 4.48. The highest BCUT2D eigenvalue weighted by molar-refractivity contribution is 5.76. The lowest BCUT2D eigenvalue weighted by molar-refractivity contribution is -0.133. The van der Waals surface area contributed by atoms with Gasteiger partial charge < -0.3 is 10.2 Å². The number of nitrogens with one attached hydrogen (secondary N) is 1. The van der Waals surface area contributed by atoms with Gasteiger partial charge in [0, 0.05) is 25.6 Å². The van der Waals surface area contributed by atoms with Gasteiger partial charge in [0.05, 0.1) is 0 Å². The van der Waals surface area contributed by atoms with Crippen molar-refractivity contribution in [2.75, 3.05) is 18.4 Å². The summed E-state index contributed by atoms with van der Waals surface area (Å²) in [5, 5.41) is 7.20. The molecule has 0 bridgehead atoms. The van der Waals surface area contributed by atoms with Gasteiger partial charge in [0.25, 0.3) is 6.43 Å². The summed E-state index contributed by atoms with van der Waals surface area (Å²) >= 11 is 0. The van der Waals surface area contributed by atoms with Crippen LogP contribution in [0.5, 0.6) is 0 Å². The van der Waals surface area contributed by atoms with Crippen LogP contribution in [-0.4, -0.2) is 51.1 Å². The molecule has 0 spiro atoms. The van der Waals surface area contributed by atoms with Crippen molar-refractivity contribution in [1.82, 2.24) is 19.7 Å². The lowest BCUT2D eigenvalue weighted by Crippen LogP contribution is -2.48. The molecule has 26 heavy (non-hydrogen) atoms. The number of halogens is 2. The number of piperidine rings is 1. The molecule has 1 N–H and O–H groups in total. The molecule has 2 aliphatic heterocycles. The van der Waals surface area contributed by atoms with E-state index in [9.17, 15) is 13.6 Å². The molecule has 6 nitrogen and oxygen atoms in total. The third-order valence-corrected chi connectivity index (χ3v) is 5.92. The highest BCUT2D eigenvalue weighted by atomic mass is 19.3. The van der Waals surface area contributed by atoms with Crippen molar-refractivity contribution in [1.29, 1.82) is 0 Å². The molecule has 0 unspecified atom stereocenters. The van der Waals surface area contributed by atoms with Gasteiger partial charge in [-0.2, -0.15) is 10.1 Å². The first kappa shape index (κ1) is 17.4. The van der Waals surface area contributed by atoms with Gasteiger partial charge in [-0.15, -0.1) is 0 Å². The molecule has 0 radical (unpaired) electrons. The zero-order valence-corrected chi connectivity index (χ0v) is 14.7. The second kappa shape index (κ2) is 7.32. The minimum atomic E-state index is -2.48. The standard InChI is InChI=1S/C18H25F2N5O/c19-17(20)15-9-14(23-18-21-11-22-25(15)18)13-6-3-7-24(10-13)16(26)8-12-4-1-2-5-12/h1,4,11-15,17H,2-3,5-10H2,(H,21,22,23)/t12-,13-,14-,15+/m0/s1. The summed E-state index contributed by atoms with van der Waals surface area (Å²) in [4.78, 5) is 18.6. The molecular weight excluding hydrogens is 340 g/mol. The molecule has 1 aromatic heterocycles. The van der Waals surface area contributed by atoms with Crippen molar-refractivity contribution in [3.63, 3.8) is 0 Å². The first-order chi connectivity index (χ1) is 12.6. The van der Waals surface area contributed by atoms with Gasteiger partial charge in [0.2, 0.25) is 11.9 Å². The molecule has 3 heterocycles. The molecule has 0 aromatic carbocycles. The van der Waals surface area contributed by atoms with Crippen molar-refractivity contribution in [2.24, 2.45) is 11.8 Å². The number of carbonyl (C=O) groups excluding carboxylic acids is 1. The predicted molar refractivity (Wildman–Crippen MR) is 92.9 cm³/mol. The van der Waals surface area contributed by atoms with E-state index in [0.717, 1.165) is 32.2 Å². The normalized spacial score (nSPS) is 31.1. The Morgan fingerprint density at radius 1 is 1.38 bits per heavy atom. The first-order valence-electron chi connectivity index (χ1n) is 9.50. The van der Waals surface area contributed by atoms with Crippen LogP contribution in [-0.2, 0) is 4.79 Å². The molecule has 4 atom stereocenters. The van der Waals surface area contributed by atoms with Crippen molar-refractivity contribution >= 4 is 11.9 Å². The number of nitrogens with zero attached hydrogens (tertiary/aromatic N) is 4. The number of amides is 1. The summed E-state index contributed by atoms with van der Waals surface area (Å²) < 4.78 is 28.2. The number of fused-ring (bicyclic) bond motifs is 1. The molecule has 142 valence electrons. The van der Waals surface area contributed by atoms with Gasteiger partial charge in [-0.05, 0) is 43.9 Å². The third kappa shape index (κ3) is 3.46. The van der Waals surface area contributed by atoms with Crippen LogP contribution in [0.25, 0.3) is 0 Å². The Hall–Kier alpha value is -1.99. The highest BCUT2D eigenvalue weighted by Gasteiger charge is 2.39. The third-order valence-electron chi connectivity index (χ3n) is 5.92. The van der Waals surface area contributed by atoms with Crippen LogP contribution in [0.1, 0.15) is 44.6 Å². The van der Waals surface area contributed by atoms with E-state index in [1.165, 1.54) is 11.0 Å². The SMILES string of the molecule is O=C(C[C@H]1C=CCC1)N1CCC[C@H]([C@@H]2C[C@H](C(F)F)n3ncnc3N2)C1. The number of alkyl halides is 2. The number of anilines is 1. The molecule has 1 fully saturated rings. The fraction of sp³-hybridized carbons (Fsp3) is 0.722. The summed E-state index contributed by atoms with van der Waals surface area (Å²) in [5.74, 6) is 1.12. The maximum atomic E-state index is 13.5. The lowest BCUT2D eigenvalue weighted by Gasteiger charge is -2.40. The van der Waals surface area contributed by atoms with E-state index in [0.29, 0.717) is 31.3 Å². The number of aromatic nitrogens is 3. The number of allylic oxidation sites excluding steroid dienone is 2. The largest absolute Gasteiger partial charge is 0.351 e. The van der Waals surface area contributed by atoms with Crippen molar-refractivity contribution in [3.8, 4) is 0 Å². The molecule has 4 rings (SSSR count). The number of hydrogen-bond acceptors (Lipinski definition) is 4. The van der Waals surface area contributed by atoms with Crippen molar-refractivity contribution < 1.29 is 13.6 Å². The first-order valence-corrected chi connectivity index (χ1v) is 9.50. The van der Waals surface area contributed by atoms with Crippen molar-refractivity contribution in [2.45, 2.75) is 57.0 Å². The van der Waals surface area contributed by atoms with Crippen LogP contribution in [0.3, 0.4) is 0 Å². The van der Waals surface area contributed by atoms with Crippen LogP contribution in [0, 0.1) is 11.8 Å². The highest BCUT2D eigenvalue weighted by Crippen LogP contribution is 2.35. The topological polar surface area (TPSA) is 63.1 Å². The second-order valence-corrected chi connectivity index (χ2v) is 7.63. The van der Waals surface area contributed by atoms with E-state index in [2.05, 4.69) is 27.6 Å². The minimum absolute atomic E-state index is 0.104. The van der Waals surface area contributed by atoms with Gasteiger partial charge in [-0.3, -0.25) is 4.79 Å². The Labute approximate surface area is 151 Å². The van der Waals surface area contributed by atoms with E-state index in [1.54, 1.807) is 0 Å². The molecule has 1 aromatic rings. The Morgan fingerprint density at radius 2 is 2.27 bits per heavy atom.